The number of rotatable bonds is 6. The van der Waals surface area contributed by atoms with Crippen LogP contribution in [0.3, 0.4) is 0 Å². The fourth-order valence-electron chi connectivity index (χ4n) is 1.93. The van der Waals surface area contributed by atoms with Crippen molar-refractivity contribution in [2.24, 2.45) is 0 Å². The molecule has 0 bridgehead atoms. The van der Waals surface area contributed by atoms with Gasteiger partial charge in [0.05, 0.1) is 15.5 Å². The Morgan fingerprint density at radius 1 is 1.21 bits per heavy atom. The maximum absolute atomic E-state index is 12.7. The van der Waals surface area contributed by atoms with E-state index in [0.717, 1.165) is 6.07 Å². The topological polar surface area (TPSA) is 118 Å². The van der Waals surface area contributed by atoms with Gasteiger partial charge in [-0.3, -0.25) is 19.2 Å². The minimum Gasteiger partial charge on any atom is -0.480 e. The number of hydrogen-bond acceptors (Lipinski definition) is 5. The monoisotopic (exact) mass is 370 g/mol. The first-order chi connectivity index (χ1) is 11.2. The summed E-state index contributed by atoms with van der Waals surface area (Å²) in [4.78, 5) is 21.1. The quantitative estimate of drug-likeness (QED) is 0.616. The van der Waals surface area contributed by atoms with Crippen molar-refractivity contribution >= 4 is 39.0 Å². The highest BCUT2D eigenvalue weighted by molar-refractivity contribution is 7.92. The summed E-state index contributed by atoms with van der Waals surface area (Å²) in [5.74, 6) is -1.40. The maximum Gasteiger partial charge on any atom is 0.324 e. The number of carboxylic acids is 1. The lowest BCUT2D eigenvalue weighted by Crippen LogP contribution is -2.35. The van der Waals surface area contributed by atoms with Crippen LogP contribution in [-0.4, -0.2) is 31.0 Å². The SMILES string of the molecule is O=C(O)CN(c1cccc([N+](=O)[O-])c1)S(=O)(=O)c1ccc(Cl)cc1. The normalized spacial score (nSPS) is 11.0. The number of sulfonamides is 1. The molecule has 0 aliphatic carbocycles. The molecule has 0 saturated heterocycles. The van der Waals surface area contributed by atoms with Gasteiger partial charge in [0.2, 0.25) is 0 Å². The number of hydrogen-bond donors (Lipinski definition) is 1. The minimum absolute atomic E-state index is 0.124. The number of nitro groups is 1. The van der Waals surface area contributed by atoms with Crippen molar-refractivity contribution in [2.75, 3.05) is 10.8 Å². The highest BCUT2D eigenvalue weighted by Crippen LogP contribution is 2.27. The van der Waals surface area contributed by atoms with E-state index in [2.05, 4.69) is 0 Å². The van der Waals surface area contributed by atoms with E-state index in [-0.39, 0.29) is 16.3 Å². The molecule has 0 saturated carbocycles. The Bertz CT molecular complexity index is 882. The Balaban J connectivity index is 2.56. The third-order valence-electron chi connectivity index (χ3n) is 3.01. The lowest BCUT2D eigenvalue weighted by Gasteiger charge is -2.22. The molecule has 24 heavy (non-hydrogen) atoms. The average molecular weight is 371 g/mol. The second-order valence-corrected chi connectivity index (χ2v) is 6.94. The summed E-state index contributed by atoms with van der Waals surface area (Å²) in [7, 11) is -4.24. The van der Waals surface area contributed by atoms with Gasteiger partial charge in [-0.15, -0.1) is 0 Å². The zero-order chi connectivity index (χ0) is 17.9. The molecular weight excluding hydrogens is 360 g/mol. The van der Waals surface area contributed by atoms with Crippen LogP contribution in [0.15, 0.2) is 53.4 Å². The number of carbonyl (C=O) groups is 1. The van der Waals surface area contributed by atoms with E-state index in [1.165, 1.54) is 42.5 Å². The van der Waals surface area contributed by atoms with E-state index in [4.69, 9.17) is 16.7 Å². The van der Waals surface area contributed by atoms with Gasteiger partial charge in [-0.2, -0.15) is 0 Å². The van der Waals surface area contributed by atoms with Crippen molar-refractivity contribution in [3.63, 3.8) is 0 Å². The fraction of sp³-hybridized carbons (Fsp3) is 0.0714. The first kappa shape index (κ1) is 17.7. The molecule has 0 aromatic heterocycles. The number of non-ortho nitro benzene ring substituents is 1. The summed E-state index contributed by atoms with van der Waals surface area (Å²) in [6.45, 7) is -0.883. The summed E-state index contributed by atoms with van der Waals surface area (Å²) < 4.78 is 26.0. The fourth-order valence-corrected chi connectivity index (χ4v) is 3.47. The largest absolute Gasteiger partial charge is 0.480 e. The molecule has 0 radical (unpaired) electrons. The molecule has 0 aliphatic rings. The van der Waals surface area contributed by atoms with Gasteiger partial charge in [0, 0.05) is 17.2 Å². The molecule has 0 spiro atoms. The van der Waals surface area contributed by atoms with Crippen LogP contribution in [0.5, 0.6) is 0 Å². The van der Waals surface area contributed by atoms with Gasteiger partial charge in [0.1, 0.15) is 6.54 Å². The Morgan fingerprint density at radius 2 is 1.83 bits per heavy atom. The molecule has 2 aromatic rings. The Hall–Kier alpha value is -2.65. The van der Waals surface area contributed by atoms with Crippen molar-refractivity contribution in [3.05, 3.63) is 63.7 Å². The summed E-state index contributed by atoms with van der Waals surface area (Å²) in [6.07, 6.45) is 0. The summed E-state index contributed by atoms with van der Waals surface area (Å²) >= 11 is 5.72. The summed E-state index contributed by atoms with van der Waals surface area (Å²) in [5.41, 5.74) is -0.476. The van der Waals surface area contributed by atoms with Crippen molar-refractivity contribution in [1.82, 2.24) is 0 Å². The third kappa shape index (κ3) is 3.81. The van der Waals surface area contributed by atoms with Gasteiger partial charge < -0.3 is 5.11 Å². The van der Waals surface area contributed by atoms with Crippen molar-refractivity contribution in [2.45, 2.75) is 4.90 Å². The molecule has 0 amide bonds. The predicted octanol–water partition coefficient (Wildman–Crippen LogP) is 2.53. The van der Waals surface area contributed by atoms with Crippen LogP contribution in [0.2, 0.25) is 5.02 Å². The van der Waals surface area contributed by atoms with Gasteiger partial charge in [0.15, 0.2) is 0 Å². The Morgan fingerprint density at radius 3 is 2.38 bits per heavy atom. The van der Waals surface area contributed by atoms with Crippen LogP contribution in [0.1, 0.15) is 0 Å². The number of halogens is 1. The maximum atomic E-state index is 12.7. The first-order valence-electron chi connectivity index (χ1n) is 6.46. The lowest BCUT2D eigenvalue weighted by molar-refractivity contribution is -0.384. The van der Waals surface area contributed by atoms with Gasteiger partial charge in [-0.1, -0.05) is 17.7 Å². The molecule has 0 fully saturated rings. The van der Waals surface area contributed by atoms with Gasteiger partial charge in [-0.05, 0) is 30.3 Å². The number of carboxylic acid groups (broad SMARTS) is 1. The van der Waals surface area contributed by atoms with E-state index in [1.54, 1.807) is 0 Å². The first-order valence-corrected chi connectivity index (χ1v) is 8.28. The molecule has 2 aromatic carbocycles. The van der Waals surface area contributed by atoms with E-state index in [1.807, 2.05) is 0 Å². The van der Waals surface area contributed by atoms with E-state index in [0.29, 0.717) is 9.33 Å². The zero-order valence-electron chi connectivity index (χ0n) is 12.0. The molecule has 126 valence electrons. The van der Waals surface area contributed by atoms with Crippen molar-refractivity contribution < 1.29 is 23.2 Å². The number of benzene rings is 2. The molecule has 2 rings (SSSR count). The number of anilines is 1. The van der Waals surface area contributed by atoms with Gasteiger partial charge >= 0.3 is 5.97 Å². The van der Waals surface area contributed by atoms with Gasteiger partial charge in [0.25, 0.3) is 15.7 Å². The molecule has 0 atom stereocenters. The second kappa shape index (κ2) is 6.85. The highest BCUT2D eigenvalue weighted by Gasteiger charge is 2.28. The summed E-state index contributed by atoms with van der Waals surface area (Å²) in [6, 6.07) is 9.88. The molecule has 8 nitrogen and oxygen atoms in total. The lowest BCUT2D eigenvalue weighted by atomic mass is 10.3. The van der Waals surface area contributed by atoms with Crippen molar-refractivity contribution in [1.29, 1.82) is 0 Å². The molecular formula is C14H11ClN2O6S. The van der Waals surface area contributed by atoms with Crippen LogP contribution in [0.25, 0.3) is 0 Å². The minimum atomic E-state index is -4.24. The highest BCUT2D eigenvalue weighted by atomic mass is 35.5. The predicted molar refractivity (Wildman–Crippen MR) is 86.7 cm³/mol. The van der Waals surface area contributed by atoms with E-state index in [9.17, 15) is 23.3 Å². The Labute approximate surface area is 142 Å². The number of aliphatic carboxylic acids is 1. The second-order valence-electron chi connectivity index (χ2n) is 4.64. The average Bonchev–Trinajstić information content (AvgIpc) is 2.53. The molecule has 0 heterocycles. The van der Waals surface area contributed by atoms with Crippen LogP contribution < -0.4 is 4.31 Å². The van der Waals surface area contributed by atoms with Crippen LogP contribution in [-0.2, 0) is 14.8 Å². The van der Waals surface area contributed by atoms with Gasteiger partial charge in [-0.25, -0.2) is 8.42 Å². The molecule has 0 aliphatic heterocycles. The van der Waals surface area contributed by atoms with Crippen LogP contribution in [0.4, 0.5) is 11.4 Å². The summed E-state index contributed by atoms with van der Waals surface area (Å²) in [5, 5.41) is 20.2. The van der Waals surface area contributed by atoms with E-state index < -0.39 is 27.5 Å². The molecule has 1 N–H and O–H groups in total. The number of nitrogens with zero attached hydrogens (tertiary/aromatic N) is 2. The number of nitro benzene ring substituents is 1. The Kier molecular flexibility index (Phi) is 5.05. The smallest absolute Gasteiger partial charge is 0.324 e. The van der Waals surface area contributed by atoms with E-state index >= 15 is 0 Å². The van der Waals surface area contributed by atoms with Crippen LogP contribution in [0, 0.1) is 10.1 Å². The zero-order valence-corrected chi connectivity index (χ0v) is 13.6. The van der Waals surface area contributed by atoms with Crippen molar-refractivity contribution in [3.8, 4) is 0 Å². The standard InChI is InChI=1S/C14H11ClN2O6S/c15-10-4-6-13(7-5-10)24(22,23)16(9-14(18)19)11-2-1-3-12(8-11)17(20)21/h1-8H,9H2,(H,18,19). The van der Waals surface area contributed by atoms with Crippen LogP contribution >= 0.6 is 11.6 Å². The molecule has 0 unspecified atom stereocenters. The third-order valence-corrected chi connectivity index (χ3v) is 5.05. The molecule has 10 heteroatoms.